The van der Waals surface area contributed by atoms with Gasteiger partial charge >= 0.3 is 5.97 Å². The molecule has 23 heavy (non-hydrogen) atoms. The van der Waals surface area contributed by atoms with E-state index in [4.69, 9.17) is 39.1 Å². The number of rotatable bonds is 5. The van der Waals surface area contributed by atoms with E-state index in [2.05, 4.69) is 28.8 Å². The second-order valence-corrected chi connectivity index (χ2v) is 7.89. The summed E-state index contributed by atoms with van der Waals surface area (Å²) >= 11 is 16.6. The molecule has 1 saturated heterocycles. The number of carbonyl (C=O) groups is 1. The van der Waals surface area contributed by atoms with Crippen LogP contribution in [-0.4, -0.2) is 39.9 Å². The zero-order valence-corrected chi connectivity index (χ0v) is 16.5. The van der Waals surface area contributed by atoms with E-state index < -0.39 is 6.10 Å². The monoisotopic (exact) mass is 424 g/mol. The quantitative estimate of drug-likeness (QED) is 0.371. The van der Waals surface area contributed by atoms with Crippen LogP contribution in [0.25, 0.3) is 0 Å². The lowest BCUT2D eigenvalue weighted by molar-refractivity contribution is -0.150. The molecule has 3 nitrogen and oxygen atoms in total. The molecule has 0 bridgehead atoms. The number of hydrogen-bond acceptors (Lipinski definition) is 3. The maximum Gasteiger partial charge on any atom is 0.302 e. The van der Waals surface area contributed by atoms with Gasteiger partial charge in [0.05, 0.1) is 23.0 Å². The van der Waals surface area contributed by atoms with Crippen LogP contribution in [0.1, 0.15) is 39.5 Å². The highest BCUT2D eigenvalue weighted by atomic mass is 79.9. The van der Waals surface area contributed by atoms with E-state index in [0.717, 1.165) is 6.42 Å². The Morgan fingerprint density at radius 1 is 1.48 bits per heavy atom. The largest absolute Gasteiger partial charge is 0.461 e. The molecule has 0 amide bonds. The standard InChI is InChI=1S/C17H23BrCl2O3/c1-4-6-7-8-15-13(19)9-14(20)17(22-11(3)21)10-16(23-15)12(18)5-2/h1,6-7,12-17H,5,8-10H2,2-3H3/b7-6-/t12-,13?,14+,15+,16?,17?/m1/s1. The molecule has 0 spiro atoms. The molecule has 0 N–H and O–H groups in total. The normalized spacial score (nSPS) is 33.5. The average molecular weight is 426 g/mol. The summed E-state index contributed by atoms with van der Waals surface area (Å²) in [5.41, 5.74) is 0. The van der Waals surface area contributed by atoms with Crippen LogP contribution in [0.2, 0.25) is 0 Å². The molecule has 6 heteroatoms. The van der Waals surface area contributed by atoms with Crippen molar-refractivity contribution in [2.75, 3.05) is 0 Å². The van der Waals surface area contributed by atoms with Gasteiger partial charge in [-0.05, 0) is 25.3 Å². The Labute approximate surface area is 157 Å². The van der Waals surface area contributed by atoms with Gasteiger partial charge in [-0.3, -0.25) is 4.79 Å². The number of allylic oxidation sites excluding steroid dienone is 1. The topological polar surface area (TPSA) is 35.5 Å². The fourth-order valence-electron chi connectivity index (χ4n) is 2.56. The molecule has 0 aromatic heterocycles. The van der Waals surface area contributed by atoms with Crippen molar-refractivity contribution in [3.63, 3.8) is 0 Å². The first-order valence-corrected chi connectivity index (χ1v) is 9.53. The van der Waals surface area contributed by atoms with E-state index in [1.165, 1.54) is 6.92 Å². The van der Waals surface area contributed by atoms with Gasteiger partial charge in [-0.2, -0.15) is 0 Å². The molecule has 3 unspecified atom stereocenters. The highest BCUT2D eigenvalue weighted by molar-refractivity contribution is 9.09. The molecule has 130 valence electrons. The van der Waals surface area contributed by atoms with E-state index in [1.807, 2.05) is 6.08 Å². The summed E-state index contributed by atoms with van der Waals surface area (Å²) in [4.78, 5) is 11.5. The zero-order chi connectivity index (χ0) is 17.4. The van der Waals surface area contributed by atoms with E-state index >= 15 is 0 Å². The SMILES string of the molecule is C#C/C=C\C[C@@H]1OC([C@H](Br)CC)CC(OC(C)=O)[C@@H](Cl)CC1Cl. The number of halogens is 3. The second kappa shape index (κ2) is 10.6. The fraction of sp³-hybridized carbons (Fsp3) is 0.706. The summed E-state index contributed by atoms with van der Waals surface area (Å²) in [6.45, 7) is 3.45. The molecule has 1 fully saturated rings. The molecular weight excluding hydrogens is 403 g/mol. The average Bonchev–Trinajstić information content (AvgIpc) is 2.49. The van der Waals surface area contributed by atoms with Crippen LogP contribution in [0.4, 0.5) is 0 Å². The minimum atomic E-state index is -0.408. The Bertz CT molecular complexity index is 450. The number of terminal acetylenes is 1. The first-order valence-electron chi connectivity index (χ1n) is 7.75. The Morgan fingerprint density at radius 2 is 2.17 bits per heavy atom. The van der Waals surface area contributed by atoms with Crippen LogP contribution < -0.4 is 0 Å². The predicted octanol–water partition coefficient (Wildman–Crippen LogP) is 4.43. The summed E-state index contributed by atoms with van der Waals surface area (Å²) in [5, 5.41) is -0.624. The molecule has 0 radical (unpaired) electrons. The molecule has 1 rings (SSSR count). The lowest BCUT2D eigenvalue weighted by Gasteiger charge is -2.37. The Morgan fingerprint density at radius 3 is 2.74 bits per heavy atom. The van der Waals surface area contributed by atoms with Crippen LogP contribution in [0.3, 0.4) is 0 Å². The molecule has 1 aliphatic heterocycles. The van der Waals surface area contributed by atoms with Gasteiger partial charge in [0.1, 0.15) is 6.10 Å². The summed E-state index contributed by atoms with van der Waals surface area (Å²) < 4.78 is 11.6. The highest BCUT2D eigenvalue weighted by Crippen LogP contribution is 2.32. The highest BCUT2D eigenvalue weighted by Gasteiger charge is 2.37. The van der Waals surface area contributed by atoms with Gasteiger partial charge in [0.15, 0.2) is 0 Å². The first kappa shape index (κ1) is 20.8. The van der Waals surface area contributed by atoms with Crippen LogP contribution in [0, 0.1) is 12.3 Å². The fourth-order valence-corrected chi connectivity index (χ4v) is 3.70. The van der Waals surface area contributed by atoms with Gasteiger partial charge in [-0.25, -0.2) is 0 Å². The van der Waals surface area contributed by atoms with Gasteiger partial charge in [0, 0.05) is 18.2 Å². The Hall–Kier alpha value is -0.210. The molecule has 0 aromatic carbocycles. The van der Waals surface area contributed by atoms with Crippen molar-refractivity contribution in [3.05, 3.63) is 12.2 Å². The predicted molar refractivity (Wildman–Crippen MR) is 98.3 cm³/mol. The molecule has 0 aliphatic carbocycles. The van der Waals surface area contributed by atoms with E-state index in [0.29, 0.717) is 19.3 Å². The van der Waals surface area contributed by atoms with Gasteiger partial charge in [0.2, 0.25) is 0 Å². The number of esters is 1. The first-order chi connectivity index (χ1) is 10.9. The summed E-state index contributed by atoms with van der Waals surface area (Å²) in [5.74, 6) is 2.12. The molecule has 1 heterocycles. The van der Waals surface area contributed by atoms with Crippen molar-refractivity contribution in [1.29, 1.82) is 0 Å². The van der Waals surface area contributed by atoms with Crippen molar-refractivity contribution in [2.24, 2.45) is 0 Å². The number of carbonyl (C=O) groups excluding carboxylic acids is 1. The van der Waals surface area contributed by atoms with Gasteiger partial charge < -0.3 is 9.47 Å². The smallest absolute Gasteiger partial charge is 0.302 e. The summed E-state index contributed by atoms with van der Waals surface area (Å²) in [7, 11) is 0. The van der Waals surface area contributed by atoms with Crippen molar-refractivity contribution < 1.29 is 14.3 Å². The van der Waals surface area contributed by atoms with Crippen LogP contribution in [0.15, 0.2) is 12.2 Å². The number of alkyl halides is 3. The van der Waals surface area contributed by atoms with Gasteiger partial charge in [-0.1, -0.05) is 34.9 Å². The Balaban J connectivity index is 2.92. The maximum atomic E-state index is 11.3. The van der Waals surface area contributed by atoms with Gasteiger partial charge in [-0.15, -0.1) is 29.6 Å². The third kappa shape index (κ3) is 7.05. The van der Waals surface area contributed by atoms with Crippen LogP contribution >= 0.6 is 39.1 Å². The number of hydrogen-bond donors (Lipinski definition) is 0. The van der Waals surface area contributed by atoms with Crippen molar-refractivity contribution in [3.8, 4) is 12.3 Å². The summed E-state index contributed by atoms with van der Waals surface area (Å²) in [6, 6.07) is 0. The zero-order valence-electron chi connectivity index (χ0n) is 13.4. The molecule has 6 atom stereocenters. The maximum absolute atomic E-state index is 11.3. The van der Waals surface area contributed by atoms with E-state index in [1.54, 1.807) is 6.08 Å². The van der Waals surface area contributed by atoms with E-state index in [-0.39, 0.29) is 33.8 Å². The minimum Gasteiger partial charge on any atom is -0.461 e. The lowest BCUT2D eigenvalue weighted by atomic mass is 9.96. The minimum absolute atomic E-state index is 0.130. The molecular formula is C17H23BrCl2O3. The van der Waals surface area contributed by atoms with E-state index in [9.17, 15) is 4.79 Å². The molecule has 0 saturated carbocycles. The summed E-state index contributed by atoms with van der Waals surface area (Å²) in [6.07, 6.45) is 10.6. The lowest BCUT2D eigenvalue weighted by Crippen LogP contribution is -2.44. The molecule has 0 aromatic rings. The Kier molecular flexibility index (Phi) is 9.61. The van der Waals surface area contributed by atoms with Gasteiger partial charge in [0.25, 0.3) is 0 Å². The van der Waals surface area contributed by atoms with Crippen molar-refractivity contribution >= 4 is 45.1 Å². The van der Waals surface area contributed by atoms with Crippen molar-refractivity contribution in [1.82, 2.24) is 0 Å². The third-order valence-corrected chi connectivity index (χ3v) is 5.92. The molecule has 1 aliphatic rings. The number of ether oxygens (including phenoxy) is 2. The van der Waals surface area contributed by atoms with Crippen molar-refractivity contribution in [2.45, 2.75) is 73.4 Å². The third-order valence-electron chi connectivity index (χ3n) is 3.76. The second-order valence-electron chi connectivity index (χ2n) is 5.59. The van der Waals surface area contributed by atoms with Crippen LogP contribution in [-0.2, 0) is 14.3 Å². The van der Waals surface area contributed by atoms with Crippen LogP contribution in [0.5, 0.6) is 0 Å².